The predicted octanol–water partition coefficient (Wildman–Crippen LogP) is 1.79. The molecule has 0 amide bonds. The molecule has 98 valence electrons. The molecule has 2 heterocycles. The van der Waals surface area contributed by atoms with Crippen LogP contribution >= 0.6 is 11.7 Å². The van der Waals surface area contributed by atoms with Crippen molar-refractivity contribution in [3.8, 4) is 0 Å². The smallest absolute Gasteiger partial charge is 0.265 e. The van der Waals surface area contributed by atoms with E-state index in [1.54, 1.807) is 19.1 Å². The van der Waals surface area contributed by atoms with Gasteiger partial charge < -0.3 is 4.52 Å². The van der Waals surface area contributed by atoms with Crippen LogP contribution in [0.4, 0.5) is 5.82 Å². The summed E-state index contributed by atoms with van der Waals surface area (Å²) in [6, 6.07) is 4.80. The zero-order chi connectivity index (χ0) is 13.5. The molecule has 0 saturated carbocycles. The molecule has 7 nitrogen and oxygen atoms in total. The van der Waals surface area contributed by atoms with E-state index in [0.717, 1.165) is 11.7 Å². The van der Waals surface area contributed by atoms with Crippen LogP contribution in [0.15, 0.2) is 33.9 Å². The average Bonchev–Trinajstić information content (AvgIpc) is 2.98. The molecule has 1 N–H and O–H groups in total. The van der Waals surface area contributed by atoms with Crippen LogP contribution in [-0.2, 0) is 10.0 Å². The number of benzene rings is 1. The quantitative estimate of drug-likeness (QED) is 0.791. The Morgan fingerprint density at radius 1 is 1.32 bits per heavy atom. The van der Waals surface area contributed by atoms with Gasteiger partial charge in [0.15, 0.2) is 5.82 Å². The van der Waals surface area contributed by atoms with Crippen molar-refractivity contribution in [3.05, 3.63) is 30.0 Å². The zero-order valence-electron chi connectivity index (χ0n) is 9.69. The first-order chi connectivity index (χ1) is 9.08. The average molecular weight is 296 g/mol. The van der Waals surface area contributed by atoms with Crippen molar-refractivity contribution in [2.45, 2.75) is 11.8 Å². The topological polar surface area (TPSA) is 98.0 Å². The molecule has 2 aromatic heterocycles. The van der Waals surface area contributed by atoms with E-state index in [9.17, 15) is 8.42 Å². The van der Waals surface area contributed by atoms with E-state index >= 15 is 0 Å². The second-order valence-electron chi connectivity index (χ2n) is 3.84. The lowest BCUT2D eigenvalue weighted by atomic mass is 10.3. The number of aromatic nitrogens is 3. The highest BCUT2D eigenvalue weighted by molar-refractivity contribution is 7.93. The SMILES string of the molecule is Cc1conc1NS(=O)(=O)c1cccc2nsnc12. The number of nitrogens with one attached hydrogen (secondary N) is 1. The molecule has 1 aromatic carbocycles. The lowest BCUT2D eigenvalue weighted by Gasteiger charge is -2.05. The molecule has 0 atom stereocenters. The first kappa shape index (κ1) is 12.1. The van der Waals surface area contributed by atoms with E-state index in [4.69, 9.17) is 4.52 Å². The molecular formula is C10H8N4O3S2. The van der Waals surface area contributed by atoms with Crippen molar-refractivity contribution < 1.29 is 12.9 Å². The van der Waals surface area contributed by atoms with Gasteiger partial charge in [0, 0.05) is 5.56 Å². The van der Waals surface area contributed by atoms with Crippen LogP contribution in [0, 0.1) is 6.92 Å². The molecule has 0 fully saturated rings. The van der Waals surface area contributed by atoms with Crippen molar-refractivity contribution in [1.82, 2.24) is 13.9 Å². The Morgan fingerprint density at radius 2 is 2.16 bits per heavy atom. The first-order valence-electron chi connectivity index (χ1n) is 5.23. The Bertz CT molecular complexity index is 837. The van der Waals surface area contributed by atoms with Gasteiger partial charge in [0.05, 0.1) is 11.7 Å². The fourth-order valence-electron chi connectivity index (χ4n) is 1.57. The second-order valence-corrected chi connectivity index (χ2v) is 6.02. The van der Waals surface area contributed by atoms with E-state index in [2.05, 4.69) is 18.6 Å². The van der Waals surface area contributed by atoms with E-state index < -0.39 is 10.0 Å². The molecule has 3 aromatic rings. The Labute approximate surface area is 112 Å². The van der Waals surface area contributed by atoms with Crippen LogP contribution in [0.5, 0.6) is 0 Å². The molecule has 0 aliphatic carbocycles. The van der Waals surface area contributed by atoms with Crippen molar-refractivity contribution in [2.24, 2.45) is 0 Å². The molecule has 19 heavy (non-hydrogen) atoms. The summed E-state index contributed by atoms with van der Waals surface area (Å²) in [5.41, 5.74) is 1.50. The lowest BCUT2D eigenvalue weighted by Crippen LogP contribution is -2.14. The van der Waals surface area contributed by atoms with Gasteiger partial charge in [0.2, 0.25) is 0 Å². The third-order valence-corrected chi connectivity index (χ3v) is 4.43. The minimum atomic E-state index is -3.77. The fourth-order valence-corrected chi connectivity index (χ4v) is 3.40. The fraction of sp³-hybridized carbons (Fsp3) is 0.100. The molecule has 0 saturated heterocycles. The normalized spacial score (nSPS) is 11.8. The van der Waals surface area contributed by atoms with Crippen LogP contribution in [0.3, 0.4) is 0 Å². The highest BCUT2D eigenvalue weighted by Gasteiger charge is 2.21. The summed E-state index contributed by atoms with van der Waals surface area (Å²) in [7, 11) is -3.77. The number of rotatable bonds is 3. The molecule has 0 spiro atoms. The maximum absolute atomic E-state index is 12.3. The molecular weight excluding hydrogens is 288 g/mol. The number of hydrogen-bond acceptors (Lipinski definition) is 7. The van der Waals surface area contributed by atoms with Crippen molar-refractivity contribution in [2.75, 3.05) is 4.72 Å². The summed E-state index contributed by atoms with van der Waals surface area (Å²) in [6.07, 6.45) is 1.36. The Balaban J connectivity index is 2.10. The van der Waals surface area contributed by atoms with Gasteiger partial charge in [-0.25, -0.2) is 8.42 Å². The molecule has 0 unspecified atom stereocenters. The van der Waals surface area contributed by atoms with Crippen molar-refractivity contribution in [1.29, 1.82) is 0 Å². The number of aryl methyl sites for hydroxylation is 1. The third-order valence-electron chi connectivity index (χ3n) is 2.52. The van der Waals surface area contributed by atoms with Crippen LogP contribution in [0.2, 0.25) is 0 Å². The maximum Gasteiger partial charge on any atom is 0.265 e. The van der Waals surface area contributed by atoms with Gasteiger partial charge in [-0.2, -0.15) is 8.75 Å². The minimum absolute atomic E-state index is 0.0705. The summed E-state index contributed by atoms with van der Waals surface area (Å²) in [4.78, 5) is 0.0705. The van der Waals surface area contributed by atoms with Gasteiger partial charge in [-0.1, -0.05) is 11.2 Å². The highest BCUT2D eigenvalue weighted by Crippen LogP contribution is 2.24. The van der Waals surface area contributed by atoms with Crippen molar-refractivity contribution >= 4 is 38.6 Å². The van der Waals surface area contributed by atoms with Gasteiger partial charge in [-0.15, -0.1) is 0 Å². The first-order valence-corrected chi connectivity index (χ1v) is 7.44. The third kappa shape index (κ3) is 2.06. The molecule has 3 rings (SSSR count). The monoisotopic (exact) mass is 296 g/mol. The summed E-state index contributed by atoms with van der Waals surface area (Å²) in [5, 5.41) is 3.60. The molecule has 0 aliphatic rings. The van der Waals surface area contributed by atoms with Gasteiger partial charge >= 0.3 is 0 Å². The molecule has 0 radical (unpaired) electrons. The Morgan fingerprint density at radius 3 is 2.89 bits per heavy atom. The Hall–Kier alpha value is -2.00. The summed E-state index contributed by atoms with van der Waals surface area (Å²) in [5.74, 6) is 0.167. The van der Waals surface area contributed by atoms with E-state index in [0.29, 0.717) is 16.6 Å². The lowest BCUT2D eigenvalue weighted by molar-refractivity contribution is 0.422. The number of anilines is 1. The minimum Gasteiger partial charge on any atom is -0.362 e. The zero-order valence-corrected chi connectivity index (χ0v) is 11.3. The second kappa shape index (κ2) is 4.28. The maximum atomic E-state index is 12.3. The largest absolute Gasteiger partial charge is 0.362 e. The predicted molar refractivity (Wildman–Crippen MR) is 69.5 cm³/mol. The van der Waals surface area contributed by atoms with E-state index in [-0.39, 0.29) is 10.7 Å². The Kier molecular flexibility index (Phi) is 2.72. The van der Waals surface area contributed by atoms with Crippen LogP contribution in [-0.4, -0.2) is 22.3 Å². The molecule has 0 bridgehead atoms. The summed E-state index contributed by atoms with van der Waals surface area (Å²) < 4.78 is 39.7. The van der Waals surface area contributed by atoms with Crippen LogP contribution in [0.25, 0.3) is 11.0 Å². The van der Waals surface area contributed by atoms with Crippen LogP contribution < -0.4 is 4.72 Å². The standard InChI is InChI=1S/C10H8N4O3S2/c1-6-5-17-11-10(6)14-19(15,16)8-4-2-3-7-9(8)13-18-12-7/h2-5H,1H3,(H,11,14). The number of sulfonamides is 1. The van der Waals surface area contributed by atoms with Gasteiger partial charge in [-0.05, 0) is 19.1 Å². The van der Waals surface area contributed by atoms with Gasteiger partial charge in [-0.3, -0.25) is 4.72 Å². The number of fused-ring (bicyclic) bond motifs is 1. The van der Waals surface area contributed by atoms with E-state index in [1.165, 1.54) is 12.3 Å². The molecule has 9 heteroatoms. The van der Waals surface area contributed by atoms with E-state index in [1.807, 2.05) is 0 Å². The molecule has 0 aliphatic heterocycles. The summed E-state index contributed by atoms with van der Waals surface area (Å²) in [6.45, 7) is 1.69. The van der Waals surface area contributed by atoms with Gasteiger partial charge in [0.1, 0.15) is 22.2 Å². The van der Waals surface area contributed by atoms with Gasteiger partial charge in [0.25, 0.3) is 10.0 Å². The number of hydrogen-bond donors (Lipinski definition) is 1. The highest BCUT2D eigenvalue weighted by atomic mass is 32.2. The summed E-state index contributed by atoms with van der Waals surface area (Å²) >= 11 is 0.968. The van der Waals surface area contributed by atoms with Crippen molar-refractivity contribution in [3.63, 3.8) is 0 Å². The van der Waals surface area contributed by atoms with Crippen LogP contribution in [0.1, 0.15) is 5.56 Å². The number of nitrogens with zero attached hydrogens (tertiary/aromatic N) is 3.